The van der Waals surface area contributed by atoms with E-state index in [0.717, 1.165) is 31.4 Å². The molecule has 0 radical (unpaired) electrons. The minimum atomic E-state index is -0.215. The highest BCUT2D eigenvalue weighted by atomic mass is 16.5. The molecule has 1 aromatic carbocycles. The molecule has 0 bridgehead atoms. The topological polar surface area (TPSA) is 123 Å². The molecule has 2 aliphatic rings. The van der Waals surface area contributed by atoms with Gasteiger partial charge in [-0.1, -0.05) is 30.2 Å². The maximum Gasteiger partial charge on any atom is 0.264 e. The minimum absolute atomic E-state index is 0.110. The summed E-state index contributed by atoms with van der Waals surface area (Å²) in [7, 11) is 0. The quantitative estimate of drug-likeness (QED) is 0.348. The van der Waals surface area contributed by atoms with Gasteiger partial charge in [0.05, 0.1) is 11.4 Å². The largest absolute Gasteiger partial charge is 0.481 e. The Kier molecular flexibility index (Phi) is 6.32. The van der Waals surface area contributed by atoms with Gasteiger partial charge in [0.15, 0.2) is 5.65 Å². The molecule has 1 aliphatic heterocycles. The molecule has 5 rings (SSSR count). The van der Waals surface area contributed by atoms with Crippen molar-refractivity contribution in [2.45, 2.75) is 31.7 Å². The lowest BCUT2D eigenvalue weighted by atomic mass is 10.0. The molecule has 3 heterocycles. The SMILES string of the molecule is N#C/C(=C\C1CC1)C(=O)N1CCC[C@@H](n2nc(C#CCOc3ccccc3)c3c(N)ncnc32)C1. The first-order valence-corrected chi connectivity index (χ1v) is 11.7. The number of benzene rings is 1. The van der Waals surface area contributed by atoms with Gasteiger partial charge in [0.25, 0.3) is 5.91 Å². The first-order chi connectivity index (χ1) is 17.1. The smallest absolute Gasteiger partial charge is 0.264 e. The van der Waals surface area contributed by atoms with Gasteiger partial charge in [-0.05, 0) is 49.7 Å². The van der Waals surface area contributed by atoms with Crippen LogP contribution < -0.4 is 10.5 Å². The van der Waals surface area contributed by atoms with E-state index >= 15 is 0 Å². The summed E-state index contributed by atoms with van der Waals surface area (Å²) < 4.78 is 7.45. The number of hydrogen-bond donors (Lipinski definition) is 1. The Balaban J connectivity index is 1.38. The van der Waals surface area contributed by atoms with Gasteiger partial charge in [-0.15, -0.1) is 0 Å². The number of aromatic nitrogens is 4. The number of nitrogens with two attached hydrogens (primary N) is 1. The number of rotatable bonds is 5. The Morgan fingerprint density at radius 1 is 1.23 bits per heavy atom. The van der Waals surface area contributed by atoms with Crippen molar-refractivity contribution in [1.82, 2.24) is 24.6 Å². The molecule has 3 aromatic rings. The molecule has 2 N–H and O–H groups in total. The van der Waals surface area contributed by atoms with Crippen molar-refractivity contribution in [3.63, 3.8) is 0 Å². The molecule has 1 aliphatic carbocycles. The number of likely N-dealkylation sites (tertiary alicyclic amines) is 1. The van der Waals surface area contributed by atoms with Gasteiger partial charge in [0.2, 0.25) is 0 Å². The fourth-order valence-electron chi connectivity index (χ4n) is 4.26. The van der Waals surface area contributed by atoms with E-state index in [1.54, 1.807) is 9.58 Å². The maximum absolute atomic E-state index is 13.0. The van der Waals surface area contributed by atoms with E-state index in [-0.39, 0.29) is 24.1 Å². The number of para-hydroxylation sites is 1. The first kappa shape index (κ1) is 22.4. The number of amides is 1. The number of allylic oxidation sites excluding steroid dienone is 1. The molecule has 9 heteroatoms. The number of nitrogens with zero attached hydrogens (tertiary/aromatic N) is 6. The summed E-state index contributed by atoms with van der Waals surface area (Å²) >= 11 is 0. The van der Waals surface area contributed by atoms with Crippen LogP contribution in [-0.2, 0) is 4.79 Å². The fraction of sp³-hybridized carbons (Fsp3) is 0.346. The lowest BCUT2D eigenvalue weighted by molar-refractivity contribution is -0.128. The van der Waals surface area contributed by atoms with Crippen molar-refractivity contribution in [2.24, 2.45) is 5.92 Å². The van der Waals surface area contributed by atoms with Crippen LogP contribution in [0.25, 0.3) is 11.0 Å². The number of anilines is 1. The van der Waals surface area contributed by atoms with E-state index in [1.807, 2.05) is 36.4 Å². The van der Waals surface area contributed by atoms with Crippen LogP contribution >= 0.6 is 0 Å². The summed E-state index contributed by atoms with van der Waals surface area (Å²) in [6.45, 7) is 1.24. The molecule has 1 atom stereocenters. The van der Waals surface area contributed by atoms with Crippen LogP contribution in [0.15, 0.2) is 48.3 Å². The van der Waals surface area contributed by atoms with Gasteiger partial charge in [-0.3, -0.25) is 4.79 Å². The number of piperidine rings is 1. The normalized spacial score (nSPS) is 18.0. The summed E-state index contributed by atoms with van der Waals surface area (Å²) in [5.74, 6) is 7.22. The molecule has 2 fully saturated rings. The zero-order chi connectivity index (χ0) is 24.2. The average Bonchev–Trinajstić information content (AvgIpc) is 3.64. The average molecular weight is 468 g/mol. The minimum Gasteiger partial charge on any atom is -0.481 e. The first-order valence-electron chi connectivity index (χ1n) is 11.7. The summed E-state index contributed by atoms with van der Waals surface area (Å²) in [5, 5.41) is 14.8. The van der Waals surface area contributed by atoms with Crippen molar-refractivity contribution < 1.29 is 9.53 Å². The number of fused-ring (bicyclic) bond motifs is 1. The molecule has 9 nitrogen and oxygen atoms in total. The lowest BCUT2D eigenvalue weighted by Crippen LogP contribution is -2.41. The monoisotopic (exact) mass is 467 g/mol. The maximum atomic E-state index is 13.0. The number of hydrogen-bond acceptors (Lipinski definition) is 7. The molecule has 1 saturated heterocycles. The molecule has 2 aromatic heterocycles. The van der Waals surface area contributed by atoms with E-state index in [9.17, 15) is 10.1 Å². The van der Waals surface area contributed by atoms with E-state index in [1.165, 1.54) is 6.33 Å². The molecule has 35 heavy (non-hydrogen) atoms. The van der Waals surface area contributed by atoms with E-state index < -0.39 is 0 Å². The van der Waals surface area contributed by atoms with Crippen LogP contribution in [0.3, 0.4) is 0 Å². The molecule has 1 saturated carbocycles. The Morgan fingerprint density at radius 3 is 2.83 bits per heavy atom. The lowest BCUT2D eigenvalue weighted by Gasteiger charge is -2.32. The van der Waals surface area contributed by atoms with Crippen molar-refractivity contribution in [3.8, 4) is 23.7 Å². The number of carbonyl (C=O) groups excluding carboxylic acids is 1. The van der Waals surface area contributed by atoms with Gasteiger partial charge in [0.1, 0.15) is 41.8 Å². The third-order valence-electron chi connectivity index (χ3n) is 6.18. The van der Waals surface area contributed by atoms with Crippen LogP contribution in [0.2, 0.25) is 0 Å². The van der Waals surface area contributed by atoms with Crippen molar-refractivity contribution in [2.75, 3.05) is 25.4 Å². The van der Waals surface area contributed by atoms with Crippen molar-refractivity contribution in [1.29, 1.82) is 5.26 Å². The summed E-state index contributed by atoms with van der Waals surface area (Å²) in [6, 6.07) is 11.4. The number of ether oxygens (including phenoxy) is 1. The highest BCUT2D eigenvalue weighted by Crippen LogP contribution is 2.32. The zero-order valence-electron chi connectivity index (χ0n) is 19.2. The van der Waals surface area contributed by atoms with Gasteiger partial charge in [-0.2, -0.15) is 10.4 Å². The van der Waals surface area contributed by atoms with E-state index in [2.05, 4.69) is 27.9 Å². The highest BCUT2D eigenvalue weighted by Gasteiger charge is 2.30. The predicted octanol–water partition coefficient (Wildman–Crippen LogP) is 2.86. The molecule has 0 unspecified atom stereocenters. The number of nitrogen functional groups attached to an aromatic ring is 1. The fourth-order valence-corrected chi connectivity index (χ4v) is 4.26. The zero-order valence-corrected chi connectivity index (χ0v) is 19.2. The van der Waals surface area contributed by atoms with Crippen LogP contribution in [-0.4, -0.2) is 50.3 Å². The van der Waals surface area contributed by atoms with Gasteiger partial charge >= 0.3 is 0 Å². The Hall–Kier alpha value is -4.37. The molecule has 176 valence electrons. The molecule has 0 spiro atoms. The summed E-state index contributed by atoms with van der Waals surface area (Å²) in [4.78, 5) is 23.3. The third-order valence-corrected chi connectivity index (χ3v) is 6.18. The van der Waals surface area contributed by atoms with E-state index in [0.29, 0.717) is 41.6 Å². The number of carbonyl (C=O) groups is 1. The second-order valence-corrected chi connectivity index (χ2v) is 8.73. The van der Waals surface area contributed by atoms with Crippen LogP contribution in [0.1, 0.15) is 37.4 Å². The highest BCUT2D eigenvalue weighted by molar-refractivity contribution is 5.97. The predicted molar refractivity (Wildman–Crippen MR) is 130 cm³/mol. The summed E-state index contributed by atoms with van der Waals surface area (Å²) in [5.41, 5.74) is 7.46. The van der Waals surface area contributed by atoms with Gasteiger partial charge in [-0.25, -0.2) is 14.6 Å². The van der Waals surface area contributed by atoms with E-state index in [4.69, 9.17) is 15.6 Å². The van der Waals surface area contributed by atoms with Crippen LogP contribution in [0, 0.1) is 29.1 Å². The Labute approximate surface area is 203 Å². The van der Waals surface area contributed by atoms with Crippen LogP contribution in [0.4, 0.5) is 5.82 Å². The number of nitriles is 1. The second kappa shape index (κ2) is 9.86. The summed E-state index contributed by atoms with van der Waals surface area (Å²) in [6.07, 6.45) is 6.93. The van der Waals surface area contributed by atoms with Gasteiger partial charge < -0.3 is 15.4 Å². The molecular weight excluding hydrogens is 442 g/mol. The Morgan fingerprint density at radius 2 is 2.06 bits per heavy atom. The second-order valence-electron chi connectivity index (χ2n) is 8.73. The van der Waals surface area contributed by atoms with Gasteiger partial charge in [0, 0.05) is 13.1 Å². The van der Waals surface area contributed by atoms with Crippen molar-refractivity contribution >= 4 is 22.8 Å². The Bertz CT molecular complexity index is 1370. The van der Waals surface area contributed by atoms with Crippen LogP contribution in [0.5, 0.6) is 5.75 Å². The molecule has 1 amide bonds. The molecular formula is C26H25N7O2. The van der Waals surface area contributed by atoms with Crippen molar-refractivity contribution in [3.05, 3.63) is 54.0 Å². The third kappa shape index (κ3) is 4.95. The standard InChI is InChI=1S/C26H25N7O2/c27-15-19(14-18-10-11-18)26(34)32-12-4-6-20(16-32)33-25-23(24(28)29-17-30-25)22(31-33)9-5-13-35-21-7-2-1-3-8-21/h1-3,7-8,14,17-18,20H,4,6,10-13,16H2,(H2,28,29,30)/b19-14+/t20-/m1/s1.